The molecular weight excluding hydrogens is 432 g/mol. The quantitative estimate of drug-likeness (QED) is 0.564. The van der Waals surface area contributed by atoms with E-state index in [9.17, 15) is 13.6 Å². The molecule has 5 rings (SSSR count). The Balaban J connectivity index is 1.33. The summed E-state index contributed by atoms with van der Waals surface area (Å²) in [4.78, 5) is 29.1. The van der Waals surface area contributed by atoms with Gasteiger partial charge in [-0.1, -0.05) is 0 Å². The van der Waals surface area contributed by atoms with Crippen LogP contribution >= 0.6 is 0 Å². The number of halogens is 2. The van der Waals surface area contributed by atoms with Crippen molar-refractivity contribution < 1.29 is 18.3 Å². The minimum atomic E-state index is -3.07. The average molecular weight is 455 g/mol. The van der Waals surface area contributed by atoms with Gasteiger partial charge >= 0.3 is 6.01 Å². The number of ether oxygens (including phenoxy) is 1. The predicted molar refractivity (Wildman–Crippen MR) is 112 cm³/mol. The molecule has 0 aliphatic carbocycles. The molecule has 3 unspecified atom stereocenters. The second-order valence-electron chi connectivity index (χ2n) is 8.57. The first kappa shape index (κ1) is 21.4. The summed E-state index contributed by atoms with van der Waals surface area (Å²) in [6.45, 7) is 2.88. The highest BCUT2D eigenvalue weighted by molar-refractivity contribution is 5.98. The molecule has 2 aliphatic heterocycles. The summed E-state index contributed by atoms with van der Waals surface area (Å²) < 4.78 is 32.8. The highest BCUT2D eigenvalue weighted by atomic mass is 19.3. The number of fused-ring (bicyclic) bond motifs is 2. The maximum Gasteiger partial charge on any atom is 0.316 e. The van der Waals surface area contributed by atoms with Gasteiger partial charge in [-0.3, -0.25) is 4.79 Å². The van der Waals surface area contributed by atoms with Crippen molar-refractivity contribution in [3.63, 3.8) is 0 Å². The predicted octanol–water partition coefficient (Wildman–Crippen LogP) is 2.94. The van der Waals surface area contributed by atoms with Gasteiger partial charge in [0, 0.05) is 36.8 Å². The number of pyridine rings is 1. The summed E-state index contributed by atoms with van der Waals surface area (Å²) in [7, 11) is 0. The van der Waals surface area contributed by atoms with Crippen LogP contribution in [0.3, 0.4) is 0 Å². The molecule has 11 heteroatoms. The molecule has 3 aromatic rings. The van der Waals surface area contributed by atoms with Crippen LogP contribution in [0.15, 0.2) is 36.8 Å². The Kier molecular flexibility index (Phi) is 5.26. The lowest BCUT2D eigenvalue weighted by molar-refractivity contribution is 0.0116. The largest absolute Gasteiger partial charge is 0.463 e. The van der Waals surface area contributed by atoms with Crippen LogP contribution in [-0.4, -0.2) is 59.4 Å². The van der Waals surface area contributed by atoms with Crippen LogP contribution in [0.5, 0.6) is 6.01 Å². The molecule has 0 radical (unpaired) electrons. The number of carbonyl (C=O) groups is 1. The lowest BCUT2D eigenvalue weighted by Gasteiger charge is -2.25. The van der Waals surface area contributed by atoms with Gasteiger partial charge in [-0.25, -0.2) is 9.97 Å². The molecule has 1 amide bonds. The Hall–Kier alpha value is -3.50. The first-order valence-corrected chi connectivity index (χ1v) is 10.8. The van der Waals surface area contributed by atoms with E-state index in [1.807, 2.05) is 11.8 Å². The van der Waals surface area contributed by atoms with Gasteiger partial charge in [0.1, 0.15) is 5.69 Å². The van der Waals surface area contributed by atoms with Crippen LogP contribution in [0.25, 0.3) is 5.82 Å². The van der Waals surface area contributed by atoms with E-state index in [0.29, 0.717) is 11.4 Å². The maximum atomic E-state index is 13.6. The first-order chi connectivity index (χ1) is 15.8. The Morgan fingerprint density at radius 1 is 1.15 bits per heavy atom. The van der Waals surface area contributed by atoms with Crippen molar-refractivity contribution in [2.75, 3.05) is 6.61 Å². The number of alkyl halides is 2. The fourth-order valence-electron chi connectivity index (χ4n) is 4.77. The fourth-order valence-corrected chi connectivity index (χ4v) is 4.77. The third-order valence-electron chi connectivity index (χ3n) is 6.26. The Morgan fingerprint density at radius 3 is 2.70 bits per heavy atom. The number of hydrogen-bond donors (Lipinski definition) is 0. The summed E-state index contributed by atoms with van der Waals surface area (Å²) in [5.74, 6) is -2.73. The normalized spacial score (nSPS) is 22.1. The van der Waals surface area contributed by atoms with Crippen LogP contribution in [0.4, 0.5) is 8.78 Å². The smallest absolute Gasteiger partial charge is 0.316 e. The van der Waals surface area contributed by atoms with Crippen molar-refractivity contribution in [2.24, 2.45) is 5.92 Å². The Morgan fingerprint density at radius 2 is 1.94 bits per heavy atom. The molecule has 2 saturated heterocycles. The van der Waals surface area contributed by atoms with Crippen LogP contribution in [-0.2, 0) is 5.92 Å². The Bertz CT molecular complexity index is 1170. The van der Waals surface area contributed by atoms with E-state index in [-0.39, 0.29) is 42.2 Å². The zero-order valence-corrected chi connectivity index (χ0v) is 18.2. The second kappa shape index (κ2) is 8.13. The lowest BCUT2D eigenvalue weighted by Crippen LogP contribution is -2.38. The van der Waals surface area contributed by atoms with E-state index < -0.39 is 5.92 Å². The van der Waals surface area contributed by atoms with Gasteiger partial charge in [-0.15, -0.1) is 4.80 Å². The number of aromatic nitrogens is 6. The second-order valence-corrected chi connectivity index (χ2v) is 8.57. The van der Waals surface area contributed by atoms with Crippen LogP contribution < -0.4 is 4.74 Å². The molecule has 0 saturated carbocycles. The Labute approximate surface area is 188 Å². The molecule has 2 aliphatic rings. The number of carbonyl (C=O) groups excluding carboxylic acids is 1. The molecular formula is C22H23F2N7O2. The standard InChI is InChI=1S/C22H23F2N7O2/c1-13-3-5-16(19(28-13)31-26-9-10-27-31)20(32)30-15-4-6-17(30)14(11-15)12-33-21-25-8-7-18(29-21)22(2,23)24/h3,5,7-10,14-15,17H,4,6,11-12H2,1-2H3. The third-order valence-corrected chi connectivity index (χ3v) is 6.26. The first-order valence-electron chi connectivity index (χ1n) is 10.8. The van der Waals surface area contributed by atoms with Gasteiger partial charge in [0.15, 0.2) is 5.82 Å². The van der Waals surface area contributed by atoms with Crippen LogP contribution in [0.1, 0.15) is 47.9 Å². The van der Waals surface area contributed by atoms with Gasteiger partial charge in [-0.2, -0.15) is 24.0 Å². The van der Waals surface area contributed by atoms with E-state index >= 15 is 0 Å². The molecule has 9 nitrogen and oxygen atoms in total. The van der Waals surface area contributed by atoms with Crippen molar-refractivity contribution in [3.05, 3.63) is 53.7 Å². The molecule has 3 atom stereocenters. The number of rotatable bonds is 6. The van der Waals surface area contributed by atoms with E-state index in [1.165, 1.54) is 29.5 Å². The van der Waals surface area contributed by atoms with E-state index in [4.69, 9.17) is 4.74 Å². The van der Waals surface area contributed by atoms with Gasteiger partial charge in [0.05, 0.1) is 24.6 Å². The van der Waals surface area contributed by atoms with Crippen molar-refractivity contribution in [2.45, 2.75) is 51.1 Å². The summed E-state index contributed by atoms with van der Waals surface area (Å²) in [6.07, 6.45) is 6.88. The zero-order valence-electron chi connectivity index (χ0n) is 18.2. The number of hydrogen-bond acceptors (Lipinski definition) is 7. The van der Waals surface area contributed by atoms with Gasteiger partial charge in [0.25, 0.3) is 11.8 Å². The topological polar surface area (TPSA) is 98.9 Å². The van der Waals surface area contributed by atoms with Gasteiger partial charge < -0.3 is 9.64 Å². The lowest BCUT2D eigenvalue weighted by atomic mass is 9.90. The molecule has 2 bridgehead atoms. The van der Waals surface area contributed by atoms with E-state index in [2.05, 4.69) is 25.1 Å². The summed E-state index contributed by atoms with van der Waals surface area (Å²) in [5.41, 5.74) is 0.815. The molecule has 0 aromatic carbocycles. The number of nitrogens with zero attached hydrogens (tertiary/aromatic N) is 7. The minimum Gasteiger partial charge on any atom is -0.463 e. The van der Waals surface area contributed by atoms with Gasteiger partial charge in [-0.05, 0) is 44.4 Å². The zero-order chi connectivity index (χ0) is 23.2. The fraction of sp³-hybridized carbons (Fsp3) is 0.455. The van der Waals surface area contributed by atoms with E-state index in [0.717, 1.165) is 31.9 Å². The van der Waals surface area contributed by atoms with Crippen LogP contribution in [0, 0.1) is 12.8 Å². The van der Waals surface area contributed by atoms with Crippen molar-refractivity contribution in [3.8, 4) is 11.8 Å². The van der Waals surface area contributed by atoms with Crippen molar-refractivity contribution >= 4 is 5.91 Å². The average Bonchev–Trinajstić information content (AvgIpc) is 3.53. The molecule has 0 N–H and O–H groups in total. The summed E-state index contributed by atoms with van der Waals surface area (Å²) in [6, 6.07) is 4.72. The molecule has 2 fully saturated rings. The minimum absolute atomic E-state index is 0.0157. The number of amides is 1. The molecule has 172 valence electrons. The maximum absolute atomic E-state index is 13.6. The van der Waals surface area contributed by atoms with E-state index in [1.54, 1.807) is 12.1 Å². The van der Waals surface area contributed by atoms with Gasteiger partial charge in [0.2, 0.25) is 0 Å². The SMILES string of the molecule is Cc1ccc(C(=O)N2C3CCC2C(COc2nccc(C(C)(F)F)n2)C3)c(-n2nccn2)n1. The molecule has 5 heterocycles. The van der Waals surface area contributed by atoms with Crippen LogP contribution in [0.2, 0.25) is 0 Å². The highest BCUT2D eigenvalue weighted by Gasteiger charge is 2.49. The highest BCUT2D eigenvalue weighted by Crippen LogP contribution is 2.43. The molecule has 33 heavy (non-hydrogen) atoms. The molecule has 0 spiro atoms. The summed E-state index contributed by atoms with van der Waals surface area (Å²) >= 11 is 0. The number of aryl methyl sites for hydroxylation is 1. The monoisotopic (exact) mass is 455 g/mol. The summed E-state index contributed by atoms with van der Waals surface area (Å²) in [5, 5.41) is 8.28. The third kappa shape index (κ3) is 4.03. The molecule has 3 aromatic heterocycles. The van der Waals surface area contributed by atoms with Crippen molar-refractivity contribution in [1.29, 1.82) is 0 Å². The van der Waals surface area contributed by atoms with Crippen molar-refractivity contribution in [1.82, 2.24) is 34.8 Å².